The second kappa shape index (κ2) is 9.48. The average Bonchev–Trinajstić information content (AvgIpc) is 2.79. The number of hydrogen-bond acceptors (Lipinski definition) is 2. The summed E-state index contributed by atoms with van der Waals surface area (Å²) in [6.07, 6.45) is 2.55. The van der Waals surface area contributed by atoms with Crippen molar-refractivity contribution in [3.63, 3.8) is 0 Å². The molecule has 4 heteroatoms. The van der Waals surface area contributed by atoms with Gasteiger partial charge < -0.3 is 15.4 Å². The Morgan fingerprint density at radius 2 is 1.90 bits per heavy atom. The second-order valence-electron chi connectivity index (χ2n) is 4.23. The van der Waals surface area contributed by atoms with E-state index in [4.69, 9.17) is 17.3 Å². The molecule has 1 atom stereocenters. The summed E-state index contributed by atoms with van der Waals surface area (Å²) < 4.78 is 2.02. The lowest BCUT2D eigenvalue weighted by Gasteiger charge is -2.08. The molecule has 0 amide bonds. The van der Waals surface area contributed by atoms with Crippen LogP contribution in [0.3, 0.4) is 0 Å². The predicted molar refractivity (Wildman–Crippen MR) is 94.1 cm³/mol. The molecule has 0 fully saturated rings. The zero-order valence-corrected chi connectivity index (χ0v) is 14.4. The minimum absolute atomic E-state index is 0.00373. The van der Waals surface area contributed by atoms with Gasteiger partial charge in [-0.1, -0.05) is 45.9 Å². The second-order valence-corrected chi connectivity index (χ2v) is 4.67. The molecule has 3 N–H and O–H groups in total. The van der Waals surface area contributed by atoms with E-state index in [1.807, 2.05) is 63.7 Å². The first-order valence-electron chi connectivity index (χ1n) is 7.36. The zero-order valence-electron chi connectivity index (χ0n) is 13.7. The fourth-order valence-electron chi connectivity index (χ4n) is 1.96. The summed E-state index contributed by atoms with van der Waals surface area (Å²) in [7, 11) is 1.97. The maximum atomic E-state index is 9.26. The Kier molecular flexibility index (Phi) is 8.83. The molecule has 118 valence electrons. The zero-order chi connectivity index (χ0) is 16.6. The lowest BCUT2D eigenvalue weighted by Crippen LogP contribution is -2.24. The maximum Gasteiger partial charge on any atom is 0.102 e. The topological polar surface area (TPSA) is 51.2 Å². The van der Waals surface area contributed by atoms with Crippen LogP contribution in [0.25, 0.3) is 10.9 Å². The lowest BCUT2D eigenvalue weighted by atomic mass is 10.0. The highest BCUT2D eigenvalue weighted by Crippen LogP contribution is 2.25. The summed E-state index contributed by atoms with van der Waals surface area (Å²) in [6, 6.07) is 5.30. The molecular weight excluding hydrogens is 284 g/mol. The Labute approximate surface area is 133 Å². The lowest BCUT2D eigenvalue weighted by molar-refractivity contribution is 0.369. The summed E-state index contributed by atoms with van der Waals surface area (Å²) >= 11 is 5.99. The van der Waals surface area contributed by atoms with Gasteiger partial charge in [0.1, 0.15) is 5.76 Å². The molecule has 0 bridgehead atoms. The quantitative estimate of drug-likeness (QED) is 0.798. The van der Waals surface area contributed by atoms with Crippen molar-refractivity contribution in [1.29, 1.82) is 0 Å². The molecular formula is C17H27ClN2O. The van der Waals surface area contributed by atoms with Crippen molar-refractivity contribution >= 4 is 22.5 Å². The Bertz CT molecular complexity index is 575. The van der Waals surface area contributed by atoms with Gasteiger partial charge in [0, 0.05) is 29.2 Å². The fourth-order valence-corrected chi connectivity index (χ4v) is 2.14. The van der Waals surface area contributed by atoms with E-state index in [1.165, 1.54) is 0 Å². The van der Waals surface area contributed by atoms with Crippen LogP contribution in [0.15, 0.2) is 36.7 Å². The summed E-state index contributed by atoms with van der Waals surface area (Å²) in [5.41, 5.74) is 7.96. The molecule has 0 radical (unpaired) electrons. The number of halogens is 1. The van der Waals surface area contributed by atoms with Gasteiger partial charge >= 0.3 is 0 Å². The highest BCUT2D eigenvalue weighted by atomic mass is 35.5. The molecule has 0 aliphatic heterocycles. The first-order valence-corrected chi connectivity index (χ1v) is 7.73. The van der Waals surface area contributed by atoms with Crippen LogP contribution in [0.4, 0.5) is 0 Å². The minimum Gasteiger partial charge on any atom is -0.511 e. The Balaban J connectivity index is 0.000000921. The number of aromatic nitrogens is 1. The molecule has 1 unspecified atom stereocenters. The molecule has 0 aliphatic rings. The van der Waals surface area contributed by atoms with E-state index in [0.29, 0.717) is 11.4 Å². The molecule has 1 aromatic carbocycles. The van der Waals surface area contributed by atoms with Gasteiger partial charge in [0.05, 0.1) is 6.04 Å². The minimum atomic E-state index is -0.445. The Hall–Kier alpha value is -1.45. The maximum absolute atomic E-state index is 9.26. The molecule has 0 saturated carbocycles. The summed E-state index contributed by atoms with van der Waals surface area (Å²) in [5.74, 6) is 0.00373. The van der Waals surface area contributed by atoms with E-state index < -0.39 is 6.04 Å². The number of nitrogens with zero attached hydrogens (tertiary/aromatic N) is 1. The van der Waals surface area contributed by atoms with Crippen LogP contribution < -0.4 is 5.73 Å². The van der Waals surface area contributed by atoms with Crippen LogP contribution in [0.5, 0.6) is 0 Å². The average molecular weight is 311 g/mol. The van der Waals surface area contributed by atoms with Crippen LogP contribution in [0.1, 0.15) is 33.3 Å². The van der Waals surface area contributed by atoms with Crippen LogP contribution in [0, 0.1) is 0 Å². The number of rotatable bonds is 3. The van der Waals surface area contributed by atoms with E-state index >= 15 is 0 Å². The molecule has 0 aliphatic carbocycles. The normalized spacial score (nSPS) is 11.0. The van der Waals surface area contributed by atoms with E-state index in [2.05, 4.69) is 6.58 Å². The first-order chi connectivity index (χ1) is 9.99. The predicted octanol–water partition coefficient (Wildman–Crippen LogP) is 4.83. The Morgan fingerprint density at radius 1 is 1.33 bits per heavy atom. The van der Waals surface area contributed by atoms with Gasteiger partial charge in [-0.3, -0.25) is 0 Å². The Morgan fingerprint density at radius 3 is 2.43 bits per heavy atom. The monoisotopic (exact) mass is 310 g/mol. The van der Waals surface area contributed by atoms with Gasteiger partial charge in [-0.25, -0.2) is 0 Å². The molecule has 0 saturated heterocycles. The molecule has 1 aromatic heterocycles. The van der Waals surface area contributed by atoms with E-state index in [1.54, 1.807) is 0 Å². The summed E-state index contributed by atoms with van der Waals surface area (Å²) in [4.78, 5) is 0. The van der Waals surface area contributed by atoms with Crippen LogP contribution >= 0.6 is 11.6 Å². The summed E-state index contributed by atoms with van der Waals surface area (Å²) in [6.45, 7) is 11.5. The van der Waals surface area contributed by atoms with Crippen molar-refractivity contribution in [2.75, 3.05) is 0 Å². The highest BCUT2D eigenvalue weighted by molar-refractivity contribution is 6.31. The SMILES string of the molecule is C=C(O)C(N)Cc1cn(C)c2ccc(Cl)cc12.CC.CC. The van der Waals surface area contributed by atoms with Crippen molar-refractivity contribution in [3.05, 3.63) is 47.3 Å². The number of fused-ring (bicyclic) bond motifs is 1. The number of nitrogens with two attached hydrogens (primary N) is 1. The van der Waals surface area contributed by atoms with Gasteiger partial charge in [0.2, 0.25) is 0 Å². The smallest absolute Gasteiger partial charge is 0.102 e. The number of aryl methyl sites for hydroxylation is 1. The first kappa shape index (κ1) is 19.6. The van der Waals surface area contributed by atoms with Crippen molar-refractivity contribution in [2.24, 2.45) is 12.8 Å². The molecule has 21 heavy (non-hydrogen) atoms. The van der Waals surface area contributed by atoms with Gasteiger partial charge in [0.15, 0.2) is 0 Å². The number of benzene rings is 1. The summed E-state index contributed by atoms with van der Waals surface area (Å²) in [5, 5.41) is 11.0. The fraction of sp³-hybridized carbons (Fsp3) is 0.412. The largest absolute Gasteiger partial charge is 0.511 e. The number of aliphatic hydroxyl groups excluding tert-OH is 1. The standard InChI is InChI=1S/C13H15ClN2O.2C2H6/c1-8(17)12(15)5-9-7-16(2)13-4-3-10(14)6-11(9)13;2*1-2/h3-4,6-7,12,17H,1,5,15H2,2H3;2*1-2H3. The van der Waals surface area contributed by atoms with Crippen LogP contribution in [0.2, 0.25) is 5.02 Å². The van der Waals surface area contributed by atoms with Crippen molar-refractivity contribution < 1.29 is 5.11 Å². The highest BCUT2D eigenvalue weighted by Gasteiger charge is 2.12. The number of aliphatic hydroxyl groups is 1. The van der Waals surface area contributed by atoms with E-state index in [9.17, 15) is 5.11 Å². The van der Waals surface area contributed by atoms with Gasteiger partial charge in [-0.05, 0) is 30.2 Å². The van der Waals surface area contributed by atoms with Crippen molar-refractivity contribution in [2.45, 2.75) is 40.2 Å². The number of hydrogen-bond donors (Lipinski definition) is 2. The van der Waals surface area contributed by atoms with E-state index in [-0.39, 0.29) is 5.76 Å². The van der Waals surface area contributed by atoms with Gasteiger partial charge in [-0.2, -0.15) is 0 Å². The third-order valence-corrected chi connectivity index (χ3v) is 3.14. The third kappa shape index (κ3) is 5.10. The van der Waals surface area contributed by atoms with Crippen molar-refractivity contribution in [1.82, 2.24) is 4.57 Å². The third-order valence-electron chi connectivity index (χ3n) is 2.90. The van der Waals surface area contributed by atoms with Gasteiger partial charge in [0.25, 0.3) is 0 Å². The molecule has 3 nitrogen and oxygen atoms in total. The van der Waals surface area contributed by atoms with Crippen molar-refractivity contribution in [3.8, 4) is 0 Å². The van der Waals surface area contributed by atoms with Gasteiger partial charge in [-0.15, -0.1) is 0 Å². The molecule has 2 aromatic rings. The molecule has 2 rings (SSSR count). The molecule has 1 heterocycles. The van der Waals surface area contributed by atoms with Crippen LogP contribution in [-0.2, 0) is 13.5 Å². The van der Waals surface area contributed by atoms with Crippen LogP contribution in [-0.4, -0.2) is 15.7 Å². The van der Waals surface area contributed by atoms with E-state index in [0.717, 1.165) is 16.5 Å². The molecule has 0 spiro atoms.